The fourth-order valence-corrected chi connectivity index (χ4v) is 1.36. The van der Waals surface area contributed by atoms with E-state index < -0.39 is 12.2 Å². The van der Waals surface area contributed by atoms with Crippen LogP contribution in [0.15, 0.2) is 12.1 Å². The van der Waals surface area contributed by atoms with Crippen molar-refractivity contribution >= 4 is 5.82 Å². The van der Waals surface area contributed by atoms with Crippen LogP contribution in [0.5, 0.6) is 0 Å². The summed E-state index contributed by atoms with van der Waals surface area (Å²) in [6.07, 6.45) is -2.03. The second kappa shape index (κ2) is 5.06. The number of hydrogen-bond acceptors (Lipinski definition) is 5. The second-order valence-corrected chi connectivity index (χ2v) is 3.52. The molecule has 1 aromatic rings. The smallest absolute Gasteiger partial charge is 0.123 e. The van der Waals surface area contributed by atoms with Crippen LogP contribution in [-0.4, -0.2) is 33.0 Å². The molecule has 0 spiro atoms. The summed E-state index contributed by atoms with van der Waals surface area (Å²) in [7, 11) is 0. The Bertz CT molecular complexity index is 310. The van der Waals surface area contributed by atoms with Gasteiger partial charge in [-0.05, 0) is 31.0 Å². The molecule has 0 aliphatic rings. The van der Waals surface area contributed by atoms with E-state index in [9.17, 15) is 10.2 Å². The van der Waals surface area contributed by atoms with Crippen LogP contribution >= 0.6 is 0 Å². The van der Waals surface area contributed by atoms with Gasteiger partial charge in [-0.1, -0.05) is 0 Å². The third-order valence-electron chi connectivity index (χ3n) is 2.10. The molecule has 84 valence electrons. The molecule has 1 aromatic heterocycles. The summed E-state index contributed by atoms with van der Waals surface area (Å²) in [5.74, 6) is 0.306. The molecule has 2 unspecified atom stereocenters. The first kappa shape index (κ1) is 11.9. The largest absolute Gasteiger partial charge is 0.396 e. The van der Waals surface area contributed by atoms with Gasteiger partial charge in [-0.3, -0.25) is 0 Å². The number of nitrogens with two attached hydrogens (primary N) is 1. The number of aryl methyl sites for hydroxylation is 1. The lowest BCUT2D eigenvalue weighted by Crippen LogP contribution is -2.20. The Hall–Kier alpha value is -1.17. The van der Waals surface area contributed by atoms with E-state index in [1.807, 2.05) is 6.92 Å². The zero-order chi connectivity index (χ0) is 11.4. The van der Waals surface area contributed by atoms with E-state index in [0.29, 0.717) is 11.5 Å². The number of aliphatic hydroxyl groups excluding tert-OH is 3. The van der Waals surface area contributed by atoms with Crippen molar-refractivity contribution in [2.75, 3.05) is 12.3 Å². The minimum atomic E-state index is -1.11. The van der Waals surface area contributed by atoms with Gasteiger partial charge in [0.15, 0.2) is 0 Å². The summed E-state index contributed by atoms with van der Waals surface area (Å²) in [6, 6.07) is 3.33. The molecule has 0 amide bonds. The summed E-state index contributed by atoms with van der Waals surface area (Å²) in [4.78, 5) is 3.92. The predicted molar refractivity (Wildman–Crippen MR) is 56.1 cm³/mol. The first-order chi connectivity index (χ1) is 7.04. The number of aromatic nitrogens is 1. The molecule has 1 heterocycles. The lowest BCUT2D eigenvalue weighted by molar-refractivity contribution is 0.00197. The van der Waals surface area contributed by atoms with Crippen molar-refractivity contribution in [2.24, 2.45) is 0 Å². The minimum absolute atomic E-state index is 0.108. The SMILES string of the molecule is Cc1cc(N)nc(C(O)C(O)CCO)c1. The van der Waals surface area contributed by atoms with Crippen molar-refractivity contribution in [2.45, 2.75) is 25.6 Å². The molecule has 0 saturated heterocycles. The molecule has 0 radical (unpaired) electrons. The van der Waals surface area contributed by atoms with E-state index in [1.54, 1.807) is 12.1 Å². The molecule has 1 rings (SSSR count). The molecule has 15 heavy (non-hydrogen) atoms. The van der Waals surface area contributed by atoms with Gasteiger partial charge in [-0.15, -0.1) is 0 Å². The average molecular weight is 212 g/mol. The topological polar surface area (TPSA) is 99.6 Å². The van der Waals surface area contributed by atoms with Crippen molar-refractivity contribution in [3.05, 3.63) is 23.4 Å². The Morgan fingerprint density at radius 2 is 2.07 bits per heavy atom. The van der Waals surface area contributed by atoms with Gasteiger partial charge in [0, 0.05) is 6.61 Å². The Balaban J connectivity index is 2.85. The van der Waals surface area contributed by atoms with Crippen LogP contribution in [0.25, 0.3) is 0 Å². The normalized spacial score (nSPS) is 14.9. The fraction of sp³-hybridized carbons (Fsp3) is 0.500. The number of hydrogen-bond donors (Lipinski definition) is 4. The van der Waals surface area contributed by atoms with Crippen LogP contribution in [0.2, 0.25) is 0 Å². The van der Waals surface area contributed by atoms with Gasteiger partial charge in [-0.25, -0.2) is 4.98 Å². The zero-order valence-corrected chi connectivity index (χ0v) is 8.59. The molecular formula is C10H16N2O3. The maximum Gasteiger partial charge on any atom is 0.123 e. The maximum absolute atomic E-state index is 9.69. The quantitative estimate of drug-likeness (QED) is 0.551. The van der Waals surface area contributed by atoms with Gasteiger partial charge in [-0.2, -0.15) is 0 Å². The third-order valence-corrected chi connectivity index (χ3v) is 2.10. The van der Waals surface area contributed by atoms with Crippen molar-refractivity contribution in [1.29, 1.82) is 0 Å². The highest BCUT2D eigenvalue weighted by Crippen LogP contribution is 2.19. The molecule has 0 fully saturated rings. The summed E-state index contributed by atoms with van der Waals surface area (Å²) in [5.41, 5.74) is 6.71. The van der Waals surface area contributed by atoms with Gasteiger partial charge >= 0.3 is 0 Å². The zero-order valence-electron chi connectivity index (χ0n) is 8.59. The standard InChI is InChI=1S/C10H16N2O3/c1-6-4-7(12-9(11)5-6)10(15)8(14)2-3-13/h4-5,8,10,13-15H,2-3H2,1H3,(H2,11,12). The van der Waals surface area contributed by atoms with Gasteiger partial charge in [0.25, 0.3) is 0 Å². The van der Waals surface area contributed by atoms with E-state index in [2.05, 4.69) is 4.98 Å². The first-order valence-corrected chi connectivity index (χ1v) is 4.75. The van der Waals surface area contributed by atoms with Gasteiger partial charge in [0.05, 0.1) is 11.8 Å². The minimum Gasteiger partial charge on any atom is -0.396 e. The highest BCUT2D eigenvalue weighted by atomic mass is 16.3. The number of aliphatic hydroxyl groups is 3. The highest BCUT2D eigenvalue weighted by molar-refractivity contribution is 5.34. The van der Waals surface area contributed by atoms with Crippen molar-refractivity contribution in [3.63, 3.8) is 0 Å². The van der Waals surface area contributed by atoms with E-state index in [0.717, 1.165) is 5.56 Å². The Morgan fingerprint density at radius 1 is 1.40 bits per heavy atom. The average Bonchev–Trinajstić information content (AvgIpc) is 2.15. The Morgan fingerprint density at radius 3 is 2.60 bits per heavy atom. The lowest BCUT2D eigenvalue weighted by Gasteiger charge is -2.17. The van der Waals surface area contributed by atoms with Gasteiger partial charge in [0.1, 0.15) is 11.9 Å². The van der Waals surface area contributed by atoms with Crippen LogP contribution in [0.4, 0.5) is 5.82 Å². The van der Waals surface area contributed by atoms with E-state index in [1.165, 1.54) is 0 Å². The third kappa shape index (κ3) is 3.16. The highest BCUT2D eigenvalue weighted by Gasteiger charge is 2.19. The molecule has 0 aromatic carbocycles. The lowest BCUT2D eigenvalue weighted by atomic mass is 10.1. The number of nitrogens with zero attached hydrogens (tertiary/aromatic N) is 1. The molecular weight excluding hydrogens is 196 g/mol. The first-order valence-electron chi connectivity index (χ1n) is 4.75. The van der Waals surface area contributed by atoms with Crippen LogP contribution in [-0.2, 0) is 0 Å². The molecule has 0 aliphatic carbocycles. The number of pyridine rings is 1. The van der Waals surface area contributed by atoms with Crippen molar-refractivity contribution in [3.8, 4) is 0 Å². The number of rotatable bonds is 4. The predicted octanol–water partition coefficient (Wildman–Crippen LogP) is -0.251. The second-order valence-electron chi connectivity index (χ2n) is 3.52. The molecule has 5 N–H and O–H groups in total. The fourth-order valence-electron chi connectivity index (χ4n) is 1.36. The van der Waals surface area contributed by atoms with Crippen LogP contribution < -0.4 is 5.73 Å². The molecule has 0 saturated carbocycles. The van der Waals surface area contributed by atoms with Crippen LogP contribution in [0, 0.1) is 6.92 Å². The maximum atomic E-state index is 9.69. The van der Waals surface area contributed by atoms with E-state index >= 15 is 0 Å². The van der Waals surface area contributed by atoms with Gasteiger partial charge in [0.2, 0.25) is 0 Å². The molecule has 2 atom stereocenters. The van der Waals surface area contributed by atoms with E-state index in [4.69, 9.17) is 10.8 Å². The van der Waals surface area contributed by atoms with Crippen molar-refractivity contribution in [1.82, 2.24) is 4.98 Å². The molecule has 0 aliphatic heterocycles. The number of anilines is 1. The summed E-state index contributed by atoms with van der Waals surface area (Å²) in [6.45, 7) is 1.65. The Kier molecular flexibility index (Phi) is 4.02. The molecule has 0 bridgehead atoms. The summed E-state index contributed by atoms with van der Waals surface area (Å²) < 4.78 is 0. The van der Waals surface area contributed by atoms with E-state index in [-0.39, 0.29) is 13.0 Å². The summed E-state index contributed by atoms with van der Waals surface area (Å²) >= 11 is 0. The van der Waals surface area contributed by atoms with Gasteiger partial charge < -0.3 is 21.1 Å². The molecule has 5 heteroatoms. The van der Waals surface area contributed by atoms with Crippen molar-refractivity contribution < 1.29 is 15.3 Å². The number of nitrogen functional groups attached to an aromatic ring is 1. The summed E-state index contributed by atoms with van der Waals surface area (Å²) in [5, 5.41) is 27.8. The Labute approximate surface area is 88.2 Å². The van der Waals surface area contributed by atoms with Crippen LogP contribution in [0.1, 0.15) is 23.8 Å². The monoisotopic (exact) mass is 212 g/mol. The van der Waals surface area contributed by atoms with Crippen LogP contribution in [0.3, 0.4) is 0 Å². The molecule has 5 nitrogen and oxygen atoms in total.